The van der Waals surface area contributed by atoms with Crippen molar-refractivity contribution in [2.75, 3.05) is 0 Å². The third kappa shape index (κ3) is 5.71. The van der Waals surface area contributed by atoms with E-state index in [0.29, 0.717) is 0 Å². The molecule has 0 aliphatic rings. The molecule has 0 fully saturated rings. The van der Waals surface area contributed by atoms with E-state index in [9.17, 15) is 0 Å². The number of aromatic amines is 1. The van der Waals surface area contributed by atoms with Crippen molar-refractivity contribution in [2.45, 2.75) is 41.5 Å². The quantitative estimate of drug-likeness (QED) is 0.588. The van der Waals surface area contributed by atoms with Crippen LogP contribution in [-0.4, -0.2) is 4.98 Å². The molecule has 1 heteroatoms. The molecule has 66 valence electrons. The Morgan fingerprint density at radius 3 is 1.55 bits per heavy atom. The van der Waals surface area contributed by atoms with E-state index >= 15 is 0 Å². The normalized spacial score (nSPS) is 7.09. The second kappa shape index (κ2) is 9.28. The zero-order chi connectivity index (χ0) is 9.28. The Labute approximate surface area is 70.8 Å². The number of aryl methyl sites for hydroxylation is 2. The van der Waals surface area contributed by atoms with Gasteiger partial charge in [-0.3, -0.25) is 0 Å². The van der Waals surface area contributed by atoms with Gasteiger partial charge in [0.1, 0.15) is 0 Å². The Kier molecular flexibility index (Phi) is 10.9. The van der Waals surface area contributed by atoms with Gasteiger partial charge < -0.3 is 4.98 Å². The standard InChI is InChI=1S/C6H9N.2C2H6/c1-5-3-4-7-6(5)2;2*1-2/h3-4,7H,1-2H3;2*1-2H3. The zero-order valence-corrected chi connectivity index (χ0v) is 8.65. The van der Waals surface area contributed by atoms with Gasteiger partial charge >= 0.3 is 0 Å². The minimum absolute atomic E-state index is 1.26. The van der Waals surface area contributed by atoms with Crippen molar-refractivity contribution < 1.29 is 0 Å². The van der Waals surface area contributed by atoms with Crippen LogP contribution in [0.2, 0.25) is 0 Å². The molecule has 0 aromatic carbocycles. The highest BCUT2D eigenvalue weighted by atomic mass is 14.7. The molecule has 1 nitrogen and oxygen atoms in total. The summed E-state index contributed by atoms with van der Waals surface area (Å²) in [7, 11) is 0. The second-order valence-corrected chi connectivity index (χ2v) is 1.79. The summed E-state index contributed by atoms with van der Waals surface area (Å²) < 4.78 is 0. The van der Waals surface area contributed by atoms with Gasteiger partial charge in [0, 0.05) is 11.9 Å². The monoisotopic (exact) mass is 155 g/mol. The number of aromatic nitrogens is 1. The Hall–Kier alpha value is -0.720. The van der Waals surface area contributed by atoms with Gasteiger partial charge in [-0.25, -0.2) is 0 Å². The second-order valence-electron chi connectivity index (χ2n) is 1.79. The molecule has 0 aliphatic carbocycles. The van der Waals surface area contributed by atoms with E-state index < -0.39 is 0 Å². The number of hydrogen-bond donors (Lipinski definition) is 1. The van der Waals surface area contributed by atoms with Gasteiger partial charge in [0.25, 0.3) is 0 Å². The summed E-state index contributed by atoms with van der Waals surface area (Å²) in [5.74, 6) is 0. The van der Waals surface area contributed by atoms with Crippen molar-refractivity contribution in [3.8, 4) is 0 Å². The first-order valence-electron chi connectivity index (χ1n) is 4.41. The lowest BCUT2D eigenvalue weighted by molar-refractivity contribution is 1.23. The van der Waals surface area contributed by atoms with E-state index in [-0.39, 0.29) is 0 Å². The molecular formula is C10H21N. The summed E-state index contributed by atoms with van der Waals surface area (Å²) in [6.45, 7) is 12.2. The van der Waals surface area contributed by atoms with Gasteiger partial charge in [0.15, 0.2) is 0 Å². The van der Waals surface area contributed by atoms with Crippen molar-refractivity contribution in [2.24, 2.45) is 0 Å². The van der Waals surface area contributed by atoms with Gasteiger partial charge in [0.2, 0.25) is 0 Å². The fourth-order valence-corrected chi connectivity index (χ4v) is 0.531. The Morgan fingerprint density at radius 1 is 1.00 bits per heavy atom. The molecule has 0 saturated carbocycles. The maximum atomic E-state index is 3.07. The van der Waals surface area contributed by atoms with Crippen molar-refractivity contribution in [1.82, 2.24) is 4.98 Å². The van der Waals surface area contributed by atoms with Crippen molar-refractivity contribution in [3.63, 3.8) is 0 Å². The van der Waals surface area contributed by atoms with Crippen LogP contribution in [0, 0.1) is 13.8 Å². The summed E-state index contributed by atoms with van der Waals surface area (Å²) in [6, 6.07) is 2.06. The lowest BCUT2D eigenvalue weighted by Gasteiger charge is -1.81. The summed E-state index contributed by atoms with van der Waals surface area (Å²) in [5.41, 5.74) is 2.60. The molecular weight excluding hydrogens is 134 g/mol. The number of H-pyrrole nitrogens is 1. The van der Waals surface area contributed by atoms with Gasteiger partial charge in [-0.1, -0.05) is 27.7 Å². The van der Waals surface area contributed by atoms with Crippen molar-refractivity contribution in [1.29, 1.82) is 0 Å². The molecule has 1 heterocycles. The highest BCUT2D eigenvalue weighted by Gasteiger charge is 1.85. The Balaban J connectivity index is 0. The first kappa shape index (κ1) is 12.9. The molecule has 0 amide bonds. The molecule has 0 radical (unpaired) electrons. The van der Waals surface area contributed by atoms with E-state index in [1.165, 1.54) is 11.3 Å². The predicted octanol–water partition coefficient (Wildman–Crippen LogP) is 3.68. The fraction of sp³-hybridized carbons (Fsp3) is 0.600. The lowest BCUT2D eigenvalue weighted by atomic mass is 10.3. The van der Waals surface area contributed by atoms with E-state index in [4.69, 9.17) is 0 Å². The molecule has 0 saturated heterocycles. The van der Waals surface area contributed by atoms with Crippen LogP contribution in [-0.2, 0) is 0 Å². The van der Waals surface area contributed by atoms with Crippen LogP contribution < -0.4 is 0 Å². The van der Waals surface area contributed by atoms with E-state index in [1.54, 1.807) is 0 Å². The van der Waals surface area contributed by atoms with E-state index in [0.717, 1.165) is 0 Å². The van der Waals surface area contributed by atoms with Gasteiger partial charge in [-0.15, -0.1) is 0 Å². The summed E-state index contributed by atoms with van der Waals surface area (Å²) >= 11 is 0. The Bertz CT molecular complexity index is 137. The van der Waals surface area contributed by atoms with Crippen LogP contribution in [0.3, 0.4) is 0 Å². The highest BCUT2D eigenvalue weighted by molar-refractivity contribution is 5.15. The van der Waals surface area contributed by atoms with Crippen LogP contribution in [0.1, 0.15) is 39.0 Å². The molecule has 1 N–H and O–H groups in total. The molecule has 1 aromatic rings. The van der Waals surface area contributed by atoms with E-state index in [2.05, 4.69) is 24.9 Å². The molecule has 1 aromatic heterocycles. The molecule has 1 rings (SSSR count). The van der Waals surface area contributed by atoms with Crippen molar-refractivity contribution in [3.05, 3.63) is 23.5 Å². The summed E-state index contributed by atoms with van der Waals surface area (Å²) in [4.78, 5) is 3.07. The van der Waals surface area contributed by atoms with Gasteiger partial charge in [-0.2, -0.15) is 0 Å². The predicted molar refractivity (Wildman–Crippen MR) is 53.0 cm³/mol. The fourth-order valence-electron chi connectivity index (χ4n) is 0.531. The molecule has 11 heavy (non-hydrogen) atoms. The smallest absolute Gasteiger partial charge is 0.0145 e. The van der Waals surface area contributed by atoms with Crippen molar-refractivity contribution >= 4 is 0 Å². The van der Waals surface area contributed by atoms with E-state index in [1.807, 2.05) is 33.9 Å². The Morgan fingerprint density at radius 2 is 1.45 bits per heavy atom. The van der Waals surface area contributed by atoms with Crippen LogP contribution in [0.4, 0.5) is 0 Å². The molecule has 0 atom stereocenters. The minimum Gasteiger partial charge on any atom is -0.365 e. The molecule has 0 unspecified atom stereocenters. The van der Waals surface area contributed by atoms with Crippen LogP contribution in [0.15, 0.2) is 12.3 Å². The summed E-state index contributed by atoms with van der Waals surface area (Å²) in [6.07, 6.45) is 1.95. The molecule has 0 spiro atoms. The average molecular weight is 155 g/mol. The third-order valence-corrected chi connectivity index (χ3v) is 1.22. The van der Waals surface area contributed by atoms with Crippen LogP contribution >= 0.6 is 0 Å². The molecule has 0 bridgehead atoms. The van der Waals surface area contributed by atoms with Gasteiger partial charge in [-0.05, 0) is 25.5 Å². The molecule has 0 aliphatic heterocycles. The SMILES string of the molecule is CC.CC.Cc1cc[nH]c1C. The first-order chi connectivity index (χ1) is 5.30. The van der Waals surface area contributed by atoms with Crippen LogP contribution in [0.5, 0.6) is 0 Å². The zero-order valence-electron chi connectivity index (χ0n) is 8.65. The van der Waals surface area contributed by atoms with Gasteiger partial charge in [0.05, 0.1) is 0 Å². The largest absolute Gasteiger partial charge is 0.365 e. The maximum Gasteiger partial charge on any atom is 0.0145 e. The lowest BCUT2D eigenvalue weighted by Crippen LogP contribution is -1.69. The first-order valence-corrected chi connectivity index (χ1v) is 4.41. The summed E-state index contributed by atoms with van der Waals surface area (Å²) in [5, 5.41) is 0. The minimum atomic E-state index is 1.26. The number of nitrogens with one attached hydrogen (secondary N) is 1. The maximum absolute atomic E-state index is 3.07. The number of hydrogen-bond acceptors (Lipinski definition) is 0. The highest BCUT2D eigenvalue weighted by Crippen LogP contribution is 1.99. The average Bonchev–Trinajstić information content (AvgIpc) is 2.44. The topological polar surface area (TPSA) is 15.8 Å². The van der Waals surface area contributed by atoms with Crippen LogP contribution in [0.25, 0.3) is 0 Å². The number of rotatable bonds is 0. The third-order valence-electron chi connectivity index (χ3n) is 1.22.